The molecule has 1 heterocycles. The number of amides is 2. The zero-order chi connectivity index (χ0) is 14.3. The van der Waals surface area contributed by atoms with Gasteiger partial charge in [-0.3, -0.25) is 0 Å². The smallest absolute Gasteiger partial charge is 0.329 e. The third-order valence-corrected chi connectivity index (χ3v) is 4.75. The molecule has 0 aromatic rings. The van der Waals surface area contributed by atoms with Gasteiger partial charge in [-0.2, -0.15) is 0 Å². The lowest BCUT2D eigenvalue weighted by Gasteiger charge is -2.28. The van der Waals surface area contributed by atoms with Crippen molar-refractivity contribution < 1.29 is 19.4 Å². The van der Waals surface area contributed by atoms with Crippen LogP contribution in [0.1, 0.15) is 39.0 Å². The maximum atomic E-state index is 12.1. The molecular formula is C14H22N2O4. The Kier molecular flexibility index (Phi) is 3.36. The SMILES string of the molecule is CC(NC(=O)NC1CCOC1C1CC1)(C(=O)O)C1CC1. The molecule has 20 heavy (non-hydrogen) atoms. The van der Waals surface area contributed by atoms with Gasteiger partial charge in [-0.25, -0.2) is 9.59 Å². The van der Waals surface area contributed by atoms with E-state index in [2.05, 4.69) is 10.6 Å². The molecular weight excluding hydrogens is 260 g/mol. The quantitative estimate of drug-likeness (QED) is 0.705. The Morgan fingerprint density at radius 2 is 1.90 bits per heavy atom. The fourth-order valence-electron chi connectivity index (χ4n) is 3.09. The van der Waals surface area contributed by atoms with Crippen molar-refractivity contribution in [3.63, 3.8) is 0 Å². The van der Waals surface area contributed by atoms with Gasteiger partial charge in [0.15, 0.2) is 0 Å². The van der Waals surface area contributed by atoms with Gasteiger partial charge in [-0.1, -0.05) is 0 Å². The van der Waals surface area contributed by atoms with E-state index in [0.717, 1.165) is 19.3 Å². The molecule has 0 radical (unpaired) electrons. The predicted octanol–water partition coefficient (Wildman–Crippen LogP) is 1.11. The maximum absolute atomic E-state index is 12.1. The van der Waals surface area contributed by atoms with E-state index < -0.39 is 11.5 Å². The molecule has 0 aromatic carbocycles. The van der Waals surface area contributed by atoms with Gasteiger partial charge in [0.05, 0.1) is 12.1 Å². The first-order chi connectivity index (χ1) is 9.50. The highest BCUT2D eigenvalue weighted by molar-refractivity contribution is 5.86. The highest BCUT2D eigenvalue weighted by atomic mass is 16.5. The zero-order valence-electron chi connectivity index (χ0n) is 11.7. The number of nitrogens with one attached hydrogen (secondary N) is 2. The summed E-state index contributed by atoms with van der Waals surface area (Å²) in [5.41, 5.74) is -1.15. The van der Waals surface area contributed by atoms with Gasteiger partial charge in [0, 0.05) is 6.61 Å². The van der Waals surface area contributed by atoms with Crippen LogP contribution in [0.2, 0.25) is 0 Å². The monoisotopic (exact) mass is 282 g/mol. The van der Waals surface area contributed by atoms with Crippen LogP contribution < -0.4 is 10.6 Å². The van der Waals surface area contributed by atoms with Gasteiger partial charge in [0.2, 0.25) is 0 Å². The molecule has 3 fully saturated rings. The first-order valence-corrected chi connectivity index (χ1v) is 7.44. The van der Waals surface area contributed by atoms with Crippen molar-refractivity contribution in [3.8, 4) is 0 Å². The number of hydrogen-bond acceptors (Lipinski definition) is 3. The molecule has 3 rings (SSSR count). The number of hydrogen-bond donors (Lipinski definition) is 3. The van der Waals surface area contributed by atoms with E-state index >= 15 is 0 Å². The minimum absolute atomic E-state index is 0.0137. The molecule has 3 aliphatic rings. The van der Waals surface area contributed by atoms with Gasteiger partial charge >= 0.3 is 12.0 Å². The van der Waals surface area contributed by atoms with E-state index in [1.165, 1.54) is 12.8 Å². The molecule has 2 aliphatic carbocycles. The fourth-order valence-corrected chi connectivity index (χ4v) is 3.09. The fraction of sp³-hybridized carbons (Fsp3) is 0.857. The number of aliphatic carboxylic acids is 1. The lowest BCUT2D eigenvalue weighted by atomic mass is 9.96. The number of ether oxygens (including phenoxy) is 1. The van der Waals surface area contributed by atoms with Crippen LogP contribution in [0.5, 0.6) is 0 Å². The Labute approximate surface area is 118 Å². The maximum Gasteiger partial charge on any atom is 0.329 e. The van der Waals surface area contributed by atoms with E-state index in [-0.39, 0.29) is 24.1 Å². The van der Waals surface area contributed by atoms with Crippen LogP contribution in [-0.2, 0) is 9.53 Å². The minimum Gasteiger partial charge on any atom is -0.480 e. The topological polar surface area (TPSA) is 87.7 Å². The second-order valence-corrected chi connectivity index (χ2v) is 6.45. The molecule has 2 amide bonds. The summed E-state index contributed by atoms with van der Waals surface area (Å²) in [7, 11) is 0. The van der Waals surface area contributed by atoms with Crippen LogP contribution in [0.3, 0.4) is 0 Å². The van der Waals surface area contributed by atoms with E-state index in [4.69, 9.17) is 4.74 Å². The van der Waals surface area contributed by atoms with Gasteiger partial charge < -0.3 is 20.5 Å². The number of carboxylic acid groups (broad SMARTS) is 1. The Balaban J connectivity index is 1.57. The summed E-state index contributed by atoms with van der Waals surface area (Å²) in [6.07, 6.45) is 4.97. The van der Waals surface area contributed by atoms with Crippen LogP contribution in [0.4, 0.5) is 4.79 Å². The second-order valence-electron chi connectivity index (χ2n) is 6.45. The van der Waals surface area contributed by atoms with Crippen LogP contribution >= 0.6 is 0 Å². The lowest BCUT2D eigenvalue weighted by molar-refractivity contribution is -0.144. The summed E-state index contributed by atoms with van der Waals surface area (Å²) in [6.45, 7) is 2.26. The molecule has 0 spiro atoms. The molecule has 112 valence electrons. The average Bonchev–Trinajstić information content (AvgIpc) is 3.28. The lowest BCUT2D eigenvalue weighted by Crippen LogP contribution is -2.58. The van der Waals surface area contributed by atoms with E-state index in [0.29, 0.717) is 12.5 Å². The van der Waals surface area contributed by atoms with Gasteiger partial charge in [0.1, 0.15) is 5.54 Å². The molecule has 3 unspecified atom stereocenters. The van der Waals surface area contributed by atoms with E-state index in [1.807, 2.05) is 0 Å². The van der Waals surface area contributed by atoms with Gasteiger partial charge in [-0.05, 0) is 50.9 Å². The molecule has 3 N–H and O–H groups in total. The van der Waals surface area contributed by atoms with Crippen molar-refractivity contribution in [1.82, 2.24) is 10.6 Å². The molecule has 1 saturated heterocycles. The number of carbonyl (C=O) groups is 2. The Hall–Kier alpha value is -1.30. The summed E-state index contributed by atoms with van der Waals surface area (Å²) in [4.78, 5) is 23.5. The number of rotatable bonds is 5. The first kappa shape index (κ1) is 13.7. The molecule has 0 bridgehead atoms. The van der Waals surface area contributed by atoms with Gasteiger partial charge in [-0.15, -0.1) is 0 Å². The summed E-state index contributed by atoms with van der Waals surface area (Å²) >= 11 is 0. The van der Waals surface area contributed by atoms with Crippen molar-refractivity contribution >= 4 is 12.0 Å². The third kappa shape index (κ3) is 2.61. The highest BCUT2D eigenvalue weighted by Gasteiger charge is 2.49. The average molecular weight is 282 g/mol. The molecule has 2 saturated carbocycles. The van der Waals surface area contributed by atoms with Gasteiger partial charge in [0.25, 0.3) is 0 Å². The first-order valence-electron chi connectivity index (χ1n) is 7.44. The summed E-state index contributed by atoms with van der Waals surface area (Å²) < 4.78 is 5.67. The zero-order valence-corrected chi connectivity index (χ0v) is 11.7. The molecule has 1 aliphatic heterocycles. The number of carbonyl (C=O) groups excluding carboxylic acids is 1. The number of carboxylic acids is 1. The Morgan fingerprint density at radius 3 is 2.45 bits per heavy atom. The second kappa shape index (κ2) is 4.91. The molecule has 6 heteroatoms. The van der Waals surface area contributed by atoms with Crippen molar-refractivity contribution in [2.24, 2.45) is 11.8 Å². The van der Waals surface area contributed by atoms with E-state index in [1.54, 1.807) is 6.92 Å². The molecule has 6 nitrogen and oxygen atoms in total. The Bertz CT molecular complexity index is 419. The summed E-state index contributed by atoms with van der Waals surface area (Å²) in [5, 5.41) is 14.9. The van der Waals surface area contributed by atoms with Crippen molar-refractivity contribution in [3.05, 3.63) is 0 Å². The largest absolute Gasteiger partial charge is 0.480 e. The summed E-state index contributed by atoms with van der Waals surface area (Å²) in [6, 6.07) is -0.373. The number of urea groups is 1. The minimum atomic E-state index is -1.15. The predicted molar refractivity (Wildman–Crippen MR) is 71.3 cm³/mol. The van der Waals surface area contributed by atoms with E-state index in [9.17, 15) is 14.7 Å². The van der Waals surface area contributed by atoms with Crippen molar-refractivity contribution in [2.75, 3.05) is 6.61 Å². The Morgan fingerprint density at radius 1 is 1.20 bits per heavy atom. The molecule has 0 aromatic heterocycles. The van der Waals surface area contributed by atoms with Crippen molar-refractivity contribution in [2.45, 2.75) is 56.7 Å². The molecule has 3 atom stereocenters. The summed E-state index contributed by atoms with van der Waals surface area (Å²) in [5.74, 6) is -0.349. The van der Waals surface area contributed by atoms with Crippen molar-refractivity contribution in [1.29, 1.82) is 0 Å². The standard InChI is InChI=1S/C14H22N2O4/c1-14(12(17)18,9-4-5-9)16-13(19)15-10-6-7-20-11(10)8-2-3-8/h8-11H,2-7H2,1H3,(H,17,18)(H2,15,16,19). The van der Waals surface area contributed by atoms with Crippen LogP contribution in [0.15, 0.2) is 0 Å². The van der Waals surface area contributed by atoms with Crippen LogP contribution in [0.25, 0.3) is 0 Å². The normalized spacial score (nSPS) is 32.5. The van der Waals surface area contributed by atoms with Crippen LogP contribution in [-0.4, -0.2) is 41.4 Å². The van der Waals surface area contributed by atoms with Crippen LogP contribution in [0, 0.1) is 11.8 Å². The highest BCUT2D eigenvalue weighted by Crippen LogP contribution is 2.40. The third-order valence-electron chi connectivity index (χ3n) is 4.75.